The number of nitrogens with one attached hydrogen (secondary N) is 1. The number of ether oxygens (including phenoxy) is 2. The molecule has 1 atom stereocenters. The van der Waals surface area contributed by atoms with Gasteiger partial charge in [-0.05, 0) is 63.4 Å². The minimum atomic E-state index is -0.605. The quantitative estimate of drug-likeness (QED) is 0.419. The van der Waals surface area contributed by atoms with Gasteiger partial charge >= 0.3 is 6.09 Å². The summed E-state index contributed by atoms with van der Waals surface area (Å²) >= 11 is 0. The third-order valence-corrected chi connectivity index (χ3v) is 5.58. The highest BCUT2D eigenvalue weighted by Gasteiger charge is 2.20. The maximum atomic E-state index is 12.4. The molecule has 10 heteroatoms. The number of carbonyl (C=O) groups is 1. The van der Waals surface area contributed by atoms with Crippen LogP contribution in [0.5, 0.6) is 0 Å². The highest BCUT2D eigenvalue weighted by atomic mass is 16.6. The van der Waals surface area contributed by atoms with Crippen LogP contribution in [0.4, 0.5) is 10.7 Å². The van der Waals surface area contributed by atoms with E-state index in [-0.39, 0.29) is 0 Å². The number of hydrogen-bond acceptors (Lipinski definition) is 9. The normalized spacial score (nSPS) is 15.3. The molecule has 5 rings (SSSR count). The lowest BCUT2D eigenvalue weighted by molar-refractivity contribution is 0.0522. The van der Waals surface area contributed by atoms with Crippen molar-refractivity contribution in [2.75, 3.05) is 25.1 Å². The monoisotopic (exact) mass is 497 g/mol. The summed E-state index contributed by atoms with van der Waals surface area (Å²) in [7, 11) is 0. The first-order valence-corrected chi connectivity index (χ1v) is 12.1. The predicted molar refractivity (Wildman–Crippen MR) is 138 cm³/mol. The molecule has 3 aromatic heterocycles. The van der Waals surface area contributed by atoms with Crippen LogP contribution >= 0.6 is 0 Å². The molecule has 0 amide bonds. The lowest BCUT2D eigenvalue weighted by atomic mass is 10.1. The number of rotatable bonds is 4. The fourth-order valence-corrected chi connectivity index (χ4v) is 3.80. The first-order chi connectivity index (χ1) is 17.8. The maximum Gasteiger partial charge on any atom is 0.435 e. The average molecular weight is 498 g/mol. The molecule has 1 unspecified atom stereocenters. The molecule has 1 aromatic carbocycles. The Bertz CT molecular complexity index is 1490. The van der Waals surface area contributed by atoms with Gasteiger partial charge in [0, 0.05) is 42.4 Å². The second-order valence-electron chi connectivity index (χ2n) is 9.70. The number of anilines is 1. The van der Waals surface area contributed by atoms with Crippen LogP contribution in [0.2, 0.25) is 0 Å². The van der Waals surface area contributed by atoms with Gasteiger partial charge in [-0.25, -0.2) is 24.7 Å². The number of carbonyl (C=O) groups excluding carboxylic acids is 1. The van der Waals surface area contributed by atoms with E-state index in [1.54, 1.807) is 36.8 Å². The summed E-state index contributed by atoms with van der Waals surface area (Å²) in [5, 5.41) is 8.23. The molecule has 1 aliphatic heterocycles. The molecule has 0 saturated carbocycles. The van der Waals surface area contributed by atoms with Gasteiger partial charge < -0.3 is 14.8 Å². The van der Waals surface area contributed by atoms with Crippen molar-refractivity contribution in [3.05, 3.63) is 60.2 Å². The summed E-state index contributed by atoms with van der Waals surface area (Å²) in [6.07, 6.45) is 5.48. The molecule has 1 N–H and O–H groups in total. The molecule has 188 valence electrons. The van der Waals surface area contributed by atoms with E-state index in [9.17, 15) is 4.79 Å². The van der Waals surface area contributed by atoms with Crippen molar-refractivity contribution < 1.29 is 14.3 Å². The van der Waals surface area contributed by atoms with Gasteiger partial charge in [-0.2, -0.15) is 9.78 Å². The van der Waals surface area contributed by atoms with Crippen molar-refractivity contribution >= 4 is 22.9 Å². The van der Waals surface area contributed by atoms with Crippen LogP contribution in [0.15, 0.2) is 48.9 Å². The number of hydrogen-bond donors (Lipinski definition) is 1. The molecular formula is C27H27N7O3. The third kappa shape index (κ3) is 6.08. The zero-order valence-corrected chi connectivity index (χ0v) is 20.9. The summed E-state index contributed by atoms with van der Waals surface area (Å²) in [6.45, 7) is 7.77. The van der Waals surface area contributed by atoms with Crippen molar-refractivity contribution in [2.24, 2.45) is 5.92 Å². The van der Waals surface area contributed by atoms with E-state index in [2.05, 4.69) is 42.2 Å². The number of benzene rings is 1. The van der Waals surface area contributed by atoms with Crippen LogP contribution in [-0.2, 0) is 9.47 Å². The fourth-order valence-electron chi connectivity index (χ4n) is 3.80. The smallest absolute Gasteiger partial charge is 0.435 e. The van der Waals surface area contributed by atoms with Crippen molar-refractivity contribution in [2.45, 2.75) is 32.8 Å². The van der Waals surface area contributed by atoms with Crippen molar-refractivity contribution in [3.8, 4) is 23.4 Å². The SMILES string of the molecule is CC(C)(C)OC(=O)n1ncc2cc(C#Cc3ccnc(-c4ccnc(NCC5CCOC5)n4)n3)ccc21. The highest BCUT2D eigenvalue weighted by Crippen LogP contribution is 2.18. The molecule has 4 heterocycles. The van der Waals surface area contributed by atoms with Gasteiger partial charge in [-0.15, -0.1) is 0 Å². The molecule has 0 bridgehead atoms. The summed E-state index contributed by atoms with van der Waals surface area (Å²) in [5.41, 5.74) is 1.98. The van der Waals surface area contributed by atoms with Crippen LogP contribution in [0.25, 0.3) is 22.4 Å². The van der Waals surface area contributed by atoms with Gasteiger partial charge in [0.2, 0.25) is 5.95 Å². The van der Waals surface area contributed by atoms with E-state index in [4.69, 9.17) is 9.47 Å². The molecule has 0 radical (unpaired) electrons. The zero-order valence-electron chi connectivity index (χ0n) is 20.9. The molecule has 10 nitrogen and oxygen atoms in total. The van der Waals surface area contributed by atoms with Crippen LogP contribution in [0, 0.1) is 17.8 Å². The standard InChI is InChI=1S/C27H27N7O3/c1-27(2,3)37-26(35)34-23-7-5-18(14-20(23)16-31-34)4-6-21-8-11-28-24(32-21)22-9-12-29-25(33-22)30-15-19-10-13-36-17-19/h5,7-9,11-12,14,16,19H,10,13,15,17H2,1-3H3,(H,29,30,33). The molecule has 37 heavy (non-hydrogen) atoms. The maximum absolute atomic E-state index is 12.4. The van der Waals surface area contributed by atoms with Gasteiger partial charge in [0.15, 0.2) is 5.82 Å². The van der Waals surface area contributed by atoms with E-state index in [1.165, 1.54) is 4.68 Å². The highest BCUT2D eigenvalue weighted by molar-refractivity contribution is 5.88. The summed E-state index contributed by atoms with van der Waals surface area (Å²) in [5.74, 6) is 7.67. The fraction of sp³-hybridized carbons (Fsp3) is 0.333. The summed E-state index contributed by atoms with van der Waals surface area (Å²) in [6, 6.07) is 9.02. The Kier molecular flexibility index (Phi) is 6.79. The topological polar surface area (TPSA) is 117 Å². The van der Waals surface area contributed by atoms with Gasteiger partial charge in [0.05, 0.1) is 18.3 Å². The van der Waals surface area contributed by atoms with Crippen molar-refractivity contribution in [3.63, 3.8) is 0 Å². The van der Waals surface area contributed by atoms with Crippen LogP contribution in [0.1, 0.15) is 38.4 Å². The molecule has 1 saturated heterocycles. The predicted octanol–water partition coefficient (Wildman–Crippen LogP) is 3.91. The number of fused-ring (bicyclic) bond motifs is 1. The molecule has 0 spiro atoms. The van der Waals surface area contributed by atoms with E-state index in [0.29, 0.717) is 34.6 Å². The Morgan fingerprint density at radius 2 is 2.03 bits per heavy atom. The number of nitrogens with zero attached hydrogens (tertiary/aromatic N) is 6. The van der Waals surface area contributed by atoms with E-state index >= 15 is 0 Å². The largest absolute Gasteiger partial charge is 0.442 e. The van der Waals surface area contributed by atoms with Crippen molar-refractivity contribution in [1.29, 1.82) is 0 Å². The van der Waals surface area contributed by atoms with E-state index in [0.717, 1.165) is 37.1 Å². The third-order valence-electron chi connectivity index (χ3n) is 5.58. The van der Waals surface area contributed by atoms with Crippen LogP contribution in [-0.4, -0.2) is 61.2 Å². The van der Waals surface area contributed by atoms with Gasteiger partial charge in [-0.1, -0.05) is 5.92 Å². The zero-order chi connectivity index (χ0) is 25.8. The Hall–Kier alpha value is -4.36. The summed E-state index contributed by atoms with van der Waals surface area (Å²) in [4.78, 5) is 30.2. The Morgan fingerprint density at radius 1 is 1.16 bits per heavy atom. The molecular weight excluding hydrogens is 470 g/mol. The molecule has 4 aromatic rings. The second-order valence-corrected chi connectivity index (χ2v) is 9.70. The first-order valence-electron chi connectivity index (χ1n) is 12.1. The van der Waals surface area contributed by atoms with Gasteiger partial charge in [0.25, 0.3) is 0 Å². The second kappa shape index (κ2) is 10.3. The van der Waals surface area contributed by atoms with Crippen LogP contribution in [0.3, 0.4) is 0 Å². The van der Waals surface area contributed by atoms with Gasteiger partial charge in [-0.3, -0.25) is 0 Å². The lowest BCUT2D eigenvalue weighted by Crippen LogP contribution is -2.27. The molecule has 1 fully saturated rings. The number of aromatic nitrogens is 6. The first kappa shape index (κ1) is 24.3. The molecule has 0 aliphatic carbocycles. The van der Waals surface area contributed by atoms with E-state index in [1.807, 2.05) is 32.9 Å². The summed E-state index contributed by atoms with van der Waals surface area (Å²) < 4.78 is 12.1. The van der Waals surface area contributed by atoms with E-state index < -0.39 is 11.7 Å². The van der Waals surface area contributed by atoms with Crippen LogP contribution < -0.4 is 5.32 Å². The Morgan fingerprint density at radius 3 is 2.84 bits per heavy atom. The minimum Gasteiger partial charge on any atom is -0.442 e. The van der Waals surface area contributed by atoms with Gasteiger partial charge in [0.1, 0.15) is 17.0 Å². The molecule has 1 aliphatic rings. The average Bonchev–Trinajstić information content (AvgIpc) is 3.55. The minimum absolute atomic E-state index is 0.466. The van der Waals surface area contributed by atoms with Crippen molar-refractivity contribution in [1.82, 2.24) is 29.7 Å². The lowest BCUT2D eigenvalue weighted by Gasteiger charge is -2.19. The Labute approximate surface area is 214 Å². The Balaban J connectivity index is 1.31.